The molecular formula is C18H11ClF4N2OS. The van der Waals surface area contributed by atoms with Crippen LogP contribution in [0.15, 0.2) is 46.2 Å². The molecule has 0 aliphatic rings. The highest BCUT2D eigenvalue weighted by Gasteiger charge is 2.33. The third-order valence-corrected chi connectivity index (χ3v) is 5.40. The van der Waals surface area contributed by atoms with E-state index < -0.39 is 28.1 Å². The van der Waals surface area contributed by atoms with Crippen molar-refractivity contribution < 1.29 is 17.6 Å². The van der Waals surface area contributed by atoms with Gasteiger partial charge >= 0.3 is 6.18 Å². The second-order valence-corrected chi connectivity index (χ2v) is 6.96. The predicted octanol–water partition coefficient (Wildman–Crippen LogP) is 5.63. The lowest BCUT2D eigenvalue weighted by atomic mass is 10.1. The van der Waals surface area contributed by atoms with Crippen molar-refractivity contribution in [1.29, 1.82) is 5.41 Å². The van der Waals surface area contributed by atoms with Crippen molar-refractivity contribution >= 4 is 40.3 Å². The number of alkyl halides is 3. The van der Waals surface area contributed by atoms with Crippen LogP contribution in [0.25, 0.3) is 10.8 Å². The van der Waals surface area contributed by atoms with Gasteiger partial charge in [0, 0.05) is 17.4 Å². The third kappa shape index (κ3) is 3.86. The average Bonchev–Trinajstić information content (AvgIpc) is 2.60. The van der Waals surface area contributed by atoms with E-state index in [-0.39, 0.29) is 21.9 Å². The van der Waals surface area contributed by atoms with Crippen LogP contribution in [0.4, 0.5) is 17.6 Å². The molecule has 3 nitrogen and oxygen atoms in total. The Bertz CT molecular complexity index is 1100. The Hall–Kier alpha value is -2.32. The van der Waals surface area contributed by atoms with Gasteiger partial charge < -0.3 is 10.4 Å². The molecule has 2 aromatic carbocycles. The molecule has 0 atom stereocenters. The summed E-state index contributed by atoms with van der Waals surface area (Å²) in [6.45, 7) is 0. The van der Waals surface area contributed by atoms with E-state index in [1.54, 1.807) is 0 Å². The van der Waals surface area contributed by atoms with Gasteiger partial charge in [-0.3, -0.25) is 4.79 Å². The molecule has 3 rings (SSSR count). The number of nitrogens with one attached hydrogen (secondary N) is 2. The molecule has 0 unspecified atom stereocenters. The van der Waals surface area contributed by atoms with Gasteiger partial charge in [0.15, 0.2) is 0 Å². The molecule has 0 spiro atoms. The zero-order valence-electron chi connectivity index (χ0n) is 13.5. The maximum atomic E-state index is 13.7. The first kappa shape index (κ1) is 19.4. The molecule has 0 radical (unpaired) electrons. The van der Waals surface area contributed by atoms with Crippen LogP contribution in [-0.4, -0.2) is 11.2 Å². The molecule has 1 aromatic heterocycles. The van der Waals surface area contributed by atoms with E-state index in [1.807, 2.05) is 0 Å². The average molecular weight is 415 g/mol. The van der Waals surface area contributed by atoms with E-state index >= 15 is 0 Å². The van der Waals surface area contributed by atoms with E-state index in [9.17, 15) is 22.4 Å². The molecule has 0 aliphatic heterocycles. The second-order valence-electron chi connectivity index (χ2n) is 5.60. The number of aromatic nitrogens is 1. The molecule has 9 heteroatoms. The molecule has 2 N–H and O–H groups in total. The Kier molecular flexibility index (Phi) is 5.30. The van der Waals surface area contributed by atoms with Gasteiger partial charge in [0.2, 0.25) is 0 Å². The summed E-state index contributed by atoms with van der Waals surface area (Å²) < 4.78 is 52.6. The maximum absolute atomic E-state index is 13.7. The number of benzene rings is 2. The van der Waals surface area contributed by atoms with Crippen molar-refractivity contribution in [2.24, 2.45) is 0 Å². The van der Waals surface area contributed by atoms with Crippen molar-refractivity contribution in [3.05, 3.63) is 74.3 Å². The van der Waals surface area contributed by atoms with Gasteiger partial charge in [-0.25, -0.2) is 4.39 Å². The van der Waals surface area contributed by atoms with Crippen LogP contribution in [-0.2, 0) is 11.9 Å². The zero-order valence-corrected chi connectivity index (χ0v) is 15.0. The molecule has 0 amide bonds. The number of halogens is 5. The van der Waals surface area contributed by atoms with Gasteiger partial charge in [-0.05, 0) is 29.1 Å². The van der Waals surface area contributed by atoms with Gasteiger partial charge in [0.05, 0.1) is 21.2 Å². The minimum absolute atomic E-state index is 0.0360. The van der Waals surface area contributed by atoms with E-state index in [0.717, 1.165) is 24.0 Å². The molecule has 3 aromatic rings. The van der Waals surface area contributed by atoms with Crippen LogP contribution < -0.4 is 5.56 Å². The minimum Gasteiger partial charge on any atom is -0.316 e. The van der Waals surface area contributed by atoms with Crippen molar-refractivity contribution in [3.63, 3.8) is 0 Å². The summed E-state index contributed by atoms with van der Waals surface area (Å²) in [7, 11) is 0. The van der Waals surface area contributed by atoms with Gasteiger partial charge in [-0.2, -0.15) is 13.2 Å². The number of hydrogen-bond donors (Lipinski definition) is 2. The maximum Gasteiger partial charge on any atom is 0.417 e. The molecule has 0 saturated carbocycles. The summed E-state index contributed by atoms with van der Waals surface area (Å²) in [5.74, 6) is -0.502. The molecular weight excluding hydrogens is 404 g/mol. The second kappa shape index (κ2) is 7.36. The van der Waals surface area contributed by atoms with Gasteiger partial charge in [-0.15, -0.1) is 11.8 Å². The lowest BCUT2D eigenvalue weighted by Gasteiger charge is -2.13. The van der Waals surface area contributed by atoms with E-state index in [1.165, 1.54) is 30.3 Å². The molecule has 0 aliphatic carbocycles. The predicted molar refractivity (Wildman–Crippen MR) is 98.4 cm³/mol. The monoisotopic (exact) mass is 414 g/mol. The van der Waals surface area contributed by atoms with Gasteiger partial charge in [-0.1, -0.05) is 29.8 Å². The number of fused-ring (bicyclic) bond motifs is 1. The number of rotatable bonds is 4. The normalized spacial score (nSPS) is 11.7. The Morgan fingerprint density at radius 2 is 1.93 bits per heavy atom. The first-order valence-corrected chi connectivity index (χ1v) is 8.92. The smallest absolute Gasteiger partial charge is 0.316 e. The number of pyridine rings is 1. The van der Waals surface area contributed by atoms with Crippen LogP contribution in [0.1, 0.15) is 16.7 Å². The number of aromatic amines is 1. The summed E-state index contributed by atoms with van der Waals surface area (Å²) in [5, 5.41) is 7.99. The lowest BCUT2D eigenvalue weighted by molar-refractivity contribution is -0.137. The summed E-state index contributed by atoms with van der Waals surface area (Å²) in [6, 6.07) is 7.37. The van der Waals surface area contributed by atoms with Crippen LogP contribution in [0.2, 0.25) is 5.02 Å². The zero-order chi connectivity index (χ0) is 19.8. The minimum atomic E-state index is -4.58. The third-order valence-electron chi connectivity index (χ3n) is 3.89. The van der Waals surface area contributed by atoms with Crippen molar-refractivity contribution in [2.75, 3.05) is 0 Å². The fourth-order valence-electron chi connectivity index (χ4n) is 2.62. The lowest BCUT2D eigenvalue weighted by Crippen LogP contribution is -2.13. The quantitative estimate of drug-likeness (QED) is 0.330. The Morgan fingerprint density at radius 1 is 1.19 bits per heavy atom. The molecule has 1 heterocycles. The molecule has 0 bridgehead atoms. The fourth-order valence-corrected chi connectivity index (χ4v) is 4.03. The fraction of sp³-hybridized carbons (Fsp3) is 0.111. The highest BCUT2D eigenvalue weighted by atomic mass is 35.5. The van der Waals surface area contributed by atoms with Gasteiger partial charge in [0.1, 0.15) is 5.82 Å². The van der Waals surface area contributed by atoms with Gasteiger partial charge in [0.25, 0.3) is 5.56 Å². The summed E-state index contributed by atoms with van der Waals surface area (Å²) >= 11 is 6.92. The largest absolute Gasteiger partial charge is 0.417 e. The van der Waals surface area contributed by atoms with Crippen LogP contribution in [0.3, 0.4) is 0 Å². The highest BCUT2D eigenvalue weighted by Crippen LogP contribution is 2.38. The van der Waals surface area contributed by atoms with Crippen molar-refractivity contribution in [3.8, 4) is 0 Å². The molecule has 140 valence electrons. The van der Waals surface area contributed by atoms with E-state index in [4.69, 9.17) is 17.0 Å². The number of H-pyrrole nitrogens is 1. The Morgan fingerprint density at radius 3 is 2.59 bits per heavy atom. The van der Waals surface area contributed by atoms with E-state index in [0.29, 0.717) is 10.8 Å². The number of thioether (sulfide) groups is 1. The van der Waals surface area contributed by atoms with Crippen LogP contribution in [0.5, 0.6) is 0 Å². The van der Waals surface area contributed by atoms with Crippen molar-refractivity contribution in [2.45, 2.75) is 17.0 Å². The first-order chi connectivity index (χ1) is 12.7. The summed E-state index contributed by atoms with van der Waals surface area (Å²) in [6.07, 6.45) is -3.70. The Labute approximate surface area is 159 Å². The van der Waals surface area contributed by atoms with Crippen LogP contribution in [0, 0.1) is 11.2 Å². The summed E-state index contributed by atoms with van der Waals surface area (Å²) in [4.78, 5) is 14.7. The number of hydrogen-bond acceptors (Lipinski definition) is 3. The molecule has 27 heavy (non-hydrogen) atoms. The highest BCUT2D eigenvalue weighted by molar-refractivity contribution is 7.98. The van der Waals surface area contributed by atoms with E-state index in [2.05, 4.69) is 4.98 Å². The van der Waals surface area contributed by atoms with Crippen molar-refractivity contribution in [1.82, 2.24) is 4.98 Å². The van der Waals surface area contributed by atoms with Crippen LogP contribution >= 0.6 is 23.4 Å². The Balaban J connectivity index is 2.03. The summed E-state index contributed by atoms with van der Waals surface area (Å²) in [5.41, 5.74) is -1.17. The first-order valence-electron chi connectivity index (χ1n) is 7.55. The standard InChI is InChI=1S/C18H11ClF4N2OS/c19-15-9(2-1-3-14(15)18(21,22)23)8-27-17-12-6-10(20)4-5-11(12)13(7-24)16(26)25-17/h1-7,24H,8H2,(H,25,26). The molecule has 0 saturated heterocycles. The SMILES string of the molecule is N=Cc1c(=O)[nH]c(SCc2cccc(C(F)(F)F)c2Cl)c2cc(F)ccc12. The topological polar surface area (TPSA) is 56.7 Å². The molecule has 0 fully saturated rings.